The van der Waals surface area contributed by atoms with Gasteiger partial charge in [-0.05, 0) is 42.4 Å². The fourth-order valence-electron chi connectivity index (χ4n) is 4.97. The number of alkyl halides is 6. The van der Waals surface area contributed by atoms with Crippen molar-refractivity contribution in [3.8, 4) is 5.69 Å². The third-order valence-electron chi connectivity index (χ3n) is 7.33. The Bertz CT molecular complexity index is 1210. The summed E-state index contributed by atoms with van der Waals surface area (Å²) in [6.45, 7) is 11.6. The summed E-state index contributed by atoms with van der Waals surface area (Å²) < 4.78 is 71.1. The molecular formula is C29H38F6N4O6. The molecule has 0 radical (unpaired) electrons. The van der Waals surface area contributed by atoms with Crippen LogP contribution in [0.25, 0.3) is 5.69 Å². The van der Waals surface area contributed by atoms with Gasteiger partial charge in [-0.15, -0.1) is 0 Å². The molecule has 4 rings (SSSR count). The smallest absolute Gasteiger partial charge is 0.475 e. The van der Waals surface area contributed by atoms with Gasteiger partial charge in [-0.1, -0.05) is 32.9 Å². The van der Waals surface area contributed by atoms with Gasteiger partial charge in [0.05, 0.1) is 12.2 Å². The van der Waals surface area contributed by atoms with Crippen molar-refractivity contribution in [2.24, 2.45) is 16.7 Å². The van der Waals surface area contributed by atoms with E-state index in [1.807, 2.05) is 17.1 Å². The van der Waals surface area contributed by atoms with Crippen molar-refractivity contribution in [2.75, 3.05) is 32.8 Å². The predicted octanol–water partition coefficient (Wildman–Crippen LogP) is 4.92. The van der Waals surface area contributed by atoms with E-state index in [-0.39, 0.29) is 22.7 Å². The van der Waals surface area contributed by atoms with Gasteiger partial charge in [0.15, 0.2) is 0 Å². The van der Waals surface area contributed by atoms with Crippen molar-refractivity contribution in [3.63, 3.8) is 0 Å². The van der Waals surface area contributed by atoms with Crippen LogP contribution in [0.1, 0.15) is 45.6 Å². The standard InChI is InChI=1S/C25H36N4O2.2C2HF3O2/c1-24(2,3)8-11-27-23(30)22-17-28(18-25(22)9-14-31-15-10-25)16-20-4-6-21(7-5-20)29-13-12-26-19-29;2*3-2(4,5)1(6)7/h4-7,12-13,19,22H,8-11,14-18H2,1-3H3,(H,27,30);2*(H,6,7). The molecule has 2 fully saturated rings. The third-order valence-corrected chi connectivity index (χ3v) is 7.33. The van der Waals surface area contributed by atoms with Crippen LogP contribution in [0.3, 0.4) is 0 Å². The van der Waals surface area contributed by atoms with E-state index >= 15 is 0 Å². The van der Waals surface area contributed by atoms with Crippen LogP contribution < -0.4 is 5.32 Å². The number of halogens is 6. The predicted molar refractivity (Wildman–Crippen MR) is 149 cm³/mol. The quantitative estimate of drug-likeness (QED) is 0.375. The lowest BCUT2D eigenvalue weighted by Gasteiger charge is -2.37. The third kappa shape index (κ3) is 12.3. The van der Waals surface area contributed by atoms with Gasteiger partial charge >= 0.3 is 24.3 Å². The molecule has 1 spiro atoms. The minimum Gasteiger partial charge on any atom is -0.475 e. The van der Waals surface area contributed by atoms with E-state index in [2.05, 4.69) is 60.2 Å². The summed E-state index contributed by atoms with van der Waals surface area (Å²) in [5.74, 6) is -5.24. The number of carbonyl (C=O) groups is 3. The van der Waals surface area contributed by atoms with Gasteiger partial charge in [0, 0.05) is 62.9 Å². The summed E-state index contributed by atoms with van der Waals surface area (Å²) in [6.07, 6.45) is -1.67. The van der Waals surface area contributed by atoms with Gasteiger partial charge in [0.25, 0.3) is 0 Å². The average molecular weight is 653 g/mol. The lowest BCUT2D eigenvalue weighted by molar-refractivity contribution is -0.193. The molecule has 3 heterocycles. The minimum absolute atomic E-state index is 0.0425. The highest BCUT2D eigenvalue weighted by atomic mass is 19.4. The van der Waals surface area contributed by atoms with Crippen molar-refractivity contribution in [3.05, 3.63) is 48.5 Å². The zero-order valence-electron chi connectivity index (χ0n) is 25.1. The average Bonchev–Trinajstić information content (AvgIpc) is 3.57. The van der Waals surface area contributed by atoms with E-state index < -0.39 is 24.3 Å². The lowest BCUT2D eigenvalue weighted by atomic mass is 9.71. The molecule has 2 aliphatic heterocycles. The number of amides is 1. The van der Waals surface area contributed by atoms with Crippen LogP contribution >= 0.6 is 0 Å². The van der Waals surface area contributed by atoms with Crippen LogP contribution in [0, 0.1) is 16.7 Å². The molecule has 0 saturated carbocycles. The molecule has 1 amide bonds. The Balaban J connectivity index is 0.000000421. The Kier molecular flexibility index (Phi) is 13.0. The van der Waals surface area contributed by atoms with E-state index in [4.69, 9.17) is 24.5 Å². The molecule has 0 bridgehead atoms. The van der Waals surface area contributed by atoms with Crippen LogP contribution in [-0.2, 0) is 25.7 Å². The van der Waals surface area contributed by atoms with Gasteiger partial charge < -0.3 is 24.8 Å². The summed E-state index contributed by atoms with van der Waals surface area (Å²) in [4.78, 5) is 37.6. The Morgan fingerprint density at radius 3 is 1.96 bits per heavy atom. The van der Waals surface area contributed by atoms with Crippen molar-refractivity contribution >= 4 is 17.8 Å². The zero-order chi connectivity index (χ0) is 34.1. The molecule has 2 saturated heterocycles. The number of nitrogens with zero attached hydrogens (tertiary/aromatic N) is 3. The van der Waals surface area contributed by atoms with E-state index in [1.165, 1.54) is 5.56 Å². The zero-order valence-corrected chi connectivity index (χ0v) is 25.1. The number of carboxylic acids is 2. The maximum Gasteiger partial charge on any atom is 0.490 e. The Labute approximate surface area is 256 Å². The molecule has 10 nitrogen and oxygen atoms in total. The second kappa shape index (κ2) is 15.6. The van der Waals surface area contributed by atoms with Crippen molar-refractivity contribution in [1.29, 1.82) is 0 Å². The Morgan fingerprint density at radius 2 is 1.51 bits per heavy atom. The topological polar surface area (TPSA) is 134 Å². The fraction of sp³-hybridized carbons (Fsp3) is 0.586. The number of aromatic nitrogens is 2. The first-order chi connectivity index (χ1) is 20.7. The van der Waals surface area contributed by atoms with Gasteiger partial charge in [-0.3, -0.25) is 9.69 Å². The van der Waals surface area contributed by atoms with E-state index in [9.17, 15) is 31.1 Å². The van der Waals surface area contributed by atoms with Gasteiger partial charge in [0.2, 0.25) is 5.91 Å². The second-order valence-corrected chi connectivity index (χ2v) is 12.0. The minimum atomic E-state index is -5.08. The van der Waals surface area contributed by atoms with Crippen LogP contribution in [0.2, 0.25) is 0 Å². The molecule has 1 aromatic carbocycles. The molecule has 16 heteroatoms. The van der Waals surface area contributed by atoms with Gasteiger partial charge in [-0.25, -0.2) is 14.6 Å². The molecule has 2 aliphatic rings. The van der Waals surface area contributed by atoms with E-state index in [0.29, 0.717) is 0 Å². The van der Waals surface area contributed by atoms with Gasteiger partial charge in [0.1, 0.15) is 0 Å². The summed E-state index contributed by atoms with van der Waals surface area (Å²) in [7, 11) is 0. The Hall–Kier alpha value is -3.66. The maximum absolute atomic E-state index is 13.2. The highest BCUT2D eigenvalue weighted by molar-refractivity contribution is 5.80. The van der Waals surface area contributed by atoms with E-state index in [1.54, 1.807) is 6.20 Å². The van der Waals surface area contributed by atoms with Crippen LogP contribution in [0.4, 0.5) is 26.3 Å². The molecule has 1 atom stereocenters. The highest BCUT2D eigenvalue weighted by Crippen LogP contribution is 2.45. The number of nitrogens with one attached hydrogen (secondary N) is 1. The molecule has 1 unspecified atom stereocenters. The fourth-order valence-corrected chi connectivity index (χ4v) is 4.97. The number of rotatable bonds is 6. The Morgan fingerprint density at radius 1 is 0.978 bits per heavy atom. The summed E-state index contributed by atoms with van der Waals surface area (Å²) in [6, 6.07) is 8.63. The monoisotopic (exact) mass is 652 g/mol. The molecule has 0 aliphatic carbocycles. The molecular weight excluding hydrogens is 614 g/mol. The van der Waals surface area contributed by atoms with Crippen LogP contribution in [0.5, 0.6) is 0 Å². The SMILES string of the molecule is CC(C)(C)CCNC(=O)C1CN(Cc2ccc(-n3ccnc3)cc2)CC12CCOCC2.O=C(O)C(F)(F)F.O=C(O)C(F)(F)F. The summed E-state index contributed by atoms with van der Waals surface area (Å²) in [5, 5.41) is 17.5. The second-order valence-electron chi connectivity index (χ2n) is 12.0. The highest BCUT2D eigenvalue weighted by Gasteiger charge is 2.50. The number of imidazole rings is 1. The lowest BCUT2D eigenvalue weighted by Crippen LogP contribution is -2.44. The summed E-state index contributed by atoms with van der Waals surface area (Å²) in [5.41, 5.74) is 2.66. The van der Waals surface area contributed by atoms with Crippen molar-refractivity contribution in [1.82, 2.24) is 19.8 Å². The maximum atomic E-state index is 13.2. The first-order valence-electron chi connectivity index (χ1n) is 14.0. The molecule has 252 valence electrons. The molecule has 1 aromatic heterocycles. The number of carboxylic acid groups (broad SMARTS) is 2. The number of likely N-dealkylation sites (tertiary alicyclic amines) is 1. The van der Waals surface area contributed by atoms with Crippen molar-refractivity contribution in [2.45, 2.75) is 58.9 Å². The number of aliphatic carboxylic acids is 2. The first kappa shape index (κ1) is 37.5. The number of benzene rings is 1. The van der Waals surface area contributed by atoms with E-state index in [0.717, 1.165) is 64.3 Å². The largest absolute Gasteiger partial charge is 0.490 e. The van der Waals surface area contributed by atoms with Gasteiger partial charge in [-0.2, -0.15) is 26.3 Å². The number of hydrogen-bond donors (Lipinski definition) is 3. The molecule has 2 aromatic rings. The number of hydrogen-bond acceptors (Lipinski definition) is 6. The normalized spacial score (nSPS) is 18.3. The number of carbonyl (C=O) groups excluding carboxylic acids is 1. The first-order valence-corrected chi connectivity index (χ1v) is 14.0. The number of ether oxygens (including phenoxy) is 1. The van der Waals surface area contributed by atoms with Crippen LogP contribution in [0.15, 0.2) is 43.0 Å². The van der Waals surface area contributed by atoms with Crippen LogP contribution in [-0.4, -0.2) is 87.7 Å². The summed E-state index contributed by atoms with van der Waals surface area (Å²) >= 11 is 0. The molecule has 3 N–H and O–H groups in total. The van der Waals surface area contributed by atoms with Crippen molar-refractivity contribution < 1.29 is 55.7 Å². The molecule has 45 heavy (non-hydrogen) atoms.